The topological polar surface area (TPSA) is 69.6 Å². The normalized spacial score (nSPS) is 21.4. The van der Waals surface area contributed by atoms with Crippen LogP contribution in [0.4, 0.5) is 0 Å². The van der Waals surface area contributed by atoms with Crippen LogP contribution in [0.5, 0.6) is 0 Å². The van der Waals surface area contributed by atoms with Crippen LogP contribution in [0.3, 0.4) is 0 Å². The molecule has 1 saturated heterocycles. The molecule has 0 aromatic carbocycles. The van der Waals surface area contributed by atoms with E-state index in [-0.39, 0.29) is 11.8 Å². The maximum atomic E-state index is 11.8. The number of aliphatic carboxylic acids is 1. The van der Waals surface area contributed by atoms with Gasteiger partial charge in [0.25, 0.3) is 0 Å². The highest BCUT2D eigenvalue weighted by Gasteiger charge is 2.39. The largest absolute Gasteiger partial charge is 0.481 e. The van der Waals surface area contributed by atoms with Gasteiger partial charge in [0, 0.05) is 13.1 Å². The third-order valence-electron chi connectivity index (χ3n) is 3.67. The van der Waals surface area contributed by atoms with Crippen molar-refractivity contribution in [1.29, 1.82) is 0 Å². The van der Waals surface area contributed by atoms with E-state index in [0.29, 0.717) is 13.1 Å². The van der Waals surface area contributed by atoms with E-state index >= 15 is 0 Å². The lowest BCUT2D eigenvalue weighted by Crippen LogP contribution is -2.48. The third kappa shape index (κ3) is 3.19. The van der Waals surface area contributed by atoms with Crippen molar-refractivity contribution in [3.05, 3.63) is 0 Å². The summed E-state index contributed by atoms with van der Waals surface area (Å²) < 4.78 is 0. The minimum Gasteiger partial charge on any atom is -0.481 e. The molecule has 1 amide bonds. The SMILES string of the molecule is CNCC(=O)N1CCCC(C(C)(C)C(=O)O)C1. The molecule has 0 aromatic rings. The van der Waals surface area contributed by atoms with Gasteiger partial charge >= 0.3 is 5.97 Å². The number of carbonyl (C=O) groups excluding carboxylic acids is 1. The minimum absolute atomic E-state index is 0.0366. The van der Waals surface area contributed by atoms with Crippen molar-refractivity contribution in [3.63, 3.8) is 0 Å². The lowest BCUT2D eigenvalue weighted by atomic mass is 9.74. The molecule has 0 radical (unpaired) electrons. The van der Waals surface area contributed by atoms with Gasteiger partial charge in [-0.2, -0.15) is 0 Å². The maximum Gasteiger partial charge on any atom is 0.309 e. The molecule has 5 heteroatoms. The van der Waals surface area contributed by atoms with Crippen molar-refractivity contribution >= 4 is 11.9 Å². The standard InChI is InChI=1S/C12H22N2O3/c1-12(2,11(16)17)9-5-4-6-14(8-9)10(15)7-13-3/h9,13H,4-8H2,1-3H3,(H,16,17). The lowest BCUT2D eigenvalue weighted by Gasteiger charge is -2.39. The Balaban J connectivity index is 2.66. The summed E-state index contributed by atoms with van der Waals surface area (Å²) in [5.41, 5.74) is -0.765. The van der Waals surface area contributed by atoms with Gasteiger partial charge in [0.2, 0.25) is 5.91 Å². The monoisotopic (exact) mass is 242 g/mol. The number of hydrogen-bond acceptors (Lipinski definition) is 3. The summed E-state index contributed by atoms with van der Waals surface area (Å²) in [5.74, 6) is -0.696. The predicted octanol–water partition coefficient (Wildman–Crippen LogP) is 0.555. The van der Waals surface area contributed by atoms with Gasteiger partial charge < -0.3 is 15.3 Å². The highest BCUT2D eigenvalue weighted by Crippen LogP contribution is 2.34. The van der Waals surface area contributed by atoms with Crippen molar-refractivity contribution < 1.29 is 14.7 Å². The van der Waals surface area contributed by atoms with Crippen LogP contribution in [0, 0.1) is 11.3 Å². The summed E-state index contributed by atoms with van der Waals surface area (Å²) >= 11 is 0. The molecular weight excluding hydrogens is 220 g/mol. The Morgan fingerprint density at radius 3 is 2.65 bits per heavy atom. The third-order valence-corrected chi connectivity index (χ3v) is 3.67. The van der Waals surface area contributed by atoms with E-state index in [0.717, 1.165) is 19.4 Å². The van der Waals surface area contributed by atoms with Crippen LogP contribution in [0.1, 0.15) is 26.7 Å². The molecule has 1 atom stereocenters. The average molecular weight is 242 g/mol. The van der Waals surface area contributed by atoms with Crippen LogP contribution in [0.2, 0.25) is 0 Å². The molecule has 0 saturated carbocycles. The molecule has 17 heavy (non-hydrogen) atoms. The number of hydrogen-bond donors (Lipinski definition) is 2. The second-order valence-corrected chi connectivity index (χ2v) is 5.24. The van der Waals surface area contributed by atoms with Gasteiger partial charge in [-0.3, -0.25) is 9.59 Å². The highest BCUT2D eigenvalue weighted by atomic mass is 16.4. The second-order valence-electron chi connectivity index (χ2n) is 5.24. The first-order valence-corrected chi connectivity index (χ1v) is 6.05. The average Bonchev–Trinajstić information content (AvgIpc) is 2.29. The van der Waals surface area contributed by atoms with Gasteiger partial charge in [-0.1, -0.05) is 0 Å². The van der Waals surface area contributed by atoms with Crippen molar-refractivity contribution in [2.24, 2.45) is 11.3 Å². The molecule has 5 nitrogen and oxygen atoms in total. The Hall–Kier alpha value is -1.10. The summed E-state index contributed by atoms with van der Waals surface area (Å²) in [6, 6.07) is 0. The number of carbonyl (C=O) groups is 2. The smallest absolute Gasteiger partial charge is 0.309 e. The van der Waals surface area contributed by atoms with E-state index in [1.54, 1.807) is 25.8 Å². The van der Waals surface area contributed by atoms with Crippen LogP contribution in [0.15, 0.2) is 0 Å². The summed E-state index contributed by atoms with van der Waals surface area (Å²) in [6.45, 7) is 5.10. The quantitative estimate of drug-likeness (QED) is 0.755. The van der Waals surface area contributed by atoms with Crippen LogP contribution in [-0.4, -0.2) is 48.6 Å². The number of likely N-dealkylation sites (tertiary alicyclic amines) is 1. The van der Waals surface area contributed by atoms with Gasteiger partial charge in [-0.15, -0.1) is 0 Å². The summed E-state index contributed by atoms with van der Waals surface area (Å²) in [6.07, 6.45) is 1.76. The van der Waals surface area contributed by atoms with Crippen molar-refractivity contribution in [3.8, 4) is 0 Å². The van der Waals surface area contributed by atoms with Crippen molar-refractivity contribution in [1.82, 2.24) is 10.2 Å². The Bertz CT molecular complexity index is 302. The molecule has 1 aliphatic rings. The van der Waals surface area contributed by atoms with Gasteiger partial charge in [0.1, 0.15) is 0 Å². The van der Waals surface area contributed by atoms with Gasteiger partial charge in [-0.05, 0) is 39.7 Å². The molecule has 0 aromatic heterocycles. The van der Waals surface area contributed by atoms with Crippen LogP contribution in [0.25, 0.3) is 0 Å². The zero-order chi connectivity index (χ0) is 13.1. The zero-order valence-electron chi connectivity index (χ0n) is 10.8. The number of nitrogens with one attached hydrogen (secondary N) is 1. The molecule has 2 N–H and O–H groups in total. The Labute approximate surface area is 102 Å². The fraction of sp³-hybridized carbons (Fsp3) is 0.833. The fourth-order valence-electron chi connectivity index (χ4n) is 2.23. The first kappa shape index (κ1) is 14.0. The van der Waals surface area contributed by atoms with Crippen LogP contribution in [-0.2, 0) is 9.59 Å². The molecule has 98 valence electrons. The number of amides is 1. The van der Waals surface area contributed by atoms with E-state index in [1.807, 2.05) is 0 Å². The Kier molecular flexibility index (Phi) is 4.51. The molecule has 0 aliphatic carbocycles. The first-order chi connectivity index (χ1) is 7.89. The Morgan fingerprint density at radius 2 is 2.12 bits per heavy atom. The van der Waals surface area contributed by atoms with Crippen molar-refractivity contribution in [2.45, 2.75) is 26.7 Å². The summed E-state index contributed by atoms with van der Waals surface area (Å²) in [7, 11) is 1.74. The van der Waals surface area contributed by atoms with Crippen molar-refractivity contribution in [2.75, 3.05) is 26.7 Å². The van der Waals surface area contributed by atoms with E-state index in [9.17, 15) is 14.7 Å². The summed E-state index contributed by atoms with van der Waals surface area (Å²) in [4.78, 5) is 24.7. The van der Waals surface area contributed by atoms with E-state index in [1.165, 1.54) is 0 Å². The summed E-state index contributed by atoms with van der Waals surface area (Å²) in [5, 5.41) is 12.0. The molecule has 1 unspecified atom stereocenters. The van der Waals surface area contributed by atoms with E-state index in [2.05, 4.69) is 5.32 Å². The molecule has 0 spiro atoms. The fourth-order valence-corrected chi connectivity index (χ4v) is 2.23. The van der Waals surface area contributed by atoms with Crippen LogP contribution >= 0.6 is 0 Å². The zero-order valence-corrected chi connectivity index (χ0v) is 10.8. The number of rotatable bonds is 4. The Morgan fingerprint density at radius 1 is 1.47 bits per heavy atom. The molecule has 1 fully saturated rings. The molecule has 1 heterocycles. The maximum absolute atomic E-state index is 11.8. The van der Waals surface area contributed by atoms with E-state index < -0.39 is 11.4 Å². The number of nitrogens with zero attached hydrogens (tertiary/aromatic N) is 1. The number of carboxylic acids is 1. The van der Waals surface area contributed by atoms with Gasteiger partial charge in [-0.25, -0.2) is 0 Å². The first-order valence-electron chi connectivity index (χ1n) is 6.05. The minimum atomic E-state index is -0.787. The lowest BCUT2D eigenvalue weighted by molar-refractivity contribution is -0.153. The van der Waals surface area contributed by atoms with E-state index in [4.69, 9.17) is 0 Å². The highest BCUT2D eigenvalue weighted by molar-refractivity contribution is 5.78. The number of carboxylic acid groups (broad SMARTS) is 1. The van der Waals surface area contributed by atoms with Gasteiger partial charge in [0.05, 0.1) is 12.0 Å². The van der Waals surface area contributed by atoms with Gasteiger partial charge in [0.15, 0.2) is 0 Å². The second kappa shape index (κ2) is 5.49. The predicted molar refractivity (Wildman–Crippen MR) is 64.6 cm³/mol. The number of piperidine rings is 1. The molecule has 0 bridgehead atoms. The number of likely N-dealkylation sites (N-methyl/N-ethyl adjacent to an activating group) is 1. The van der Waals surface area contributed by atoms with Crippen LogP contribution < -0.4 is 5.32 Å². The molecule has 1 aliphatic heterocycles. The molecular formula is C12H22N2O3. The molecule has 1 rings (SSSR count).